The minimum Gasteiger partial charge on any atom is -0.379 e. The highest BCUT2D eigenvalue weighted by molar-refractivity contribution is 7.11. The number of nitrogens with zero attached hydrogens (tertiary/aromatic N) is 4. The number of aromatic nitrogens is 3. The zero-order chi connectivity index (χ0) is 23.7. The van der Waals surface area contributed by atoms with Crippen molar-refractivity contribution in [1.29, 1.82) is 0 Å². The minimum atomic E-state index is -0.725. The van der Waals surface area contributed by atoms with Gasteiger partial charge in [0, 0.05) is 43.5 Å². The van der Waals surface area contributed by atoms with Crippen molar-refractivity contribution < 1.29 is 14.3 Å². The number of amides is 2. The van der Waals surface area contributed by atoms with Crippen molar-refractivity contribution >= 4 is 34.1 Å². The molecule has 0 bridgehead atoms. The maximum absolute atomic E-state index is 13.6. The third-order valence-electron chi connectivity index (χ3n) is 6.41. The largest absolute Gasteiger partial charge is 0.379 e. The molecule has 1 atom stereocenters. The van der Waals surface area contributed by atoms with Gasteiger partial charge in [-0.05, 0) is 31.4 Å². The predicted octanol–water partition coefficient (Wildman–Crippen LogP) is 1.76. The van der Waals surface area contributed by atoms with E-state index in [0.717, 1.165) is 49.8 Å². The Morgan fingerprint density at radius 1 is 1.18 bits per heavy atom. The number of hydrogen-bond acceptors (Lipinski definition) is 8. The second kappa shape index (κ2) is 9.73. The molecule has 178 valence electrons. The van der Waals surface area contributed by atoms with Gasteiger partial charge in [0.15, 0.2) is 0 Å². The number of carbonyl (C=O) groups excluding carboxylic acids is 2. The summed E-state index contributed by atoms with van der Waals surface area (Å²) in [6.07, 6.45) is 3.82. The second-order valence-corrected chi connectivity index (χ2v) is 9.92. The van der Waals surface area contributed by atoms with E-state index >= 15 is 0 Å². The molecule has 2 amide bonds. The van der Waals surface area contributed by atoms with E-state index in [1.54, 1.807) is 18.3 Å². The van der Waals surface area contributed by atoms with Crippen LogP contribution in [0.15, 0.2) is 29.2 Å². The van der Waals surface area contributed by atoms with Crippen LogP contribution in [0.1, 0.15) is 40.2 Å². The molecular weight excluding hydrogens is 454 g/mol. The molecule has 2 saturated heterocycles. The molecule has 1 aromatic carbocycles. The van der Waals surface area contributed by atoms with Crippen LogP contribution in [0.5, 0.6) is 0 Å². The number of benzene rings is 1. The first-order chi connectivity index (χ1) is 16.5. The Hall–Kier alpha value is -2.95. The van der Waals surface area contributed by atoms with Gasteiger partial charge >= 0.3 is 0 Å². The average molecular weight is 482 g/mol. The summed E-state index contributed by atoms with van der Waals surface area (Å²) in [4.78, 5) is 50.4. The van der Waals surface area contributed by atoms with Crippen molar-refractivity contribution in [1.82, 2.24) is 24.8 Å². The van der Waals surface area contributed by atoms with Crippen molar-refractivity contribution in [2.75, 3.05) is 26.3 Å². The number of nitrogens with one attached hydrogen (secondary N) is 1. The lowest BCUT2D eigenvalue weighted by Gasteiger charge is -2.25. The zero-order valence-electron chi connectivity index (χ0n) is 19.1. The van der Waals surface area contributed by atoms with E-state index in [-0.39, 0.29) is 17.9 Å². The van der Waals surface area contributed by atoms with E-state index < -0.39 is 11.9 Å². The summed E-state index contributed by atoms with van der Waals surface area (Å²) in [5, 5.41) is 3.90. The van der Waals surface area contributed by atoms with E-state index in [1.807, 2.05) is 24.4 Å². The molecule has 1 unspecified atom stereocenters. The molecule has 34 heavy (non-hydrogen) atoms. The van der Waals surface area contributed by atoms with Crippen LogP contribution in [0.25, 0.3) is 10.9 Å². The number of carbonyl (C=O) groups is 2. The summed E-state index contributed by atoms with van der Waals surface area (Å²) in [7, 11) is 0. The van der Waals surface area contributed by atoms with Crippen LogP contribution in [-0.4, -0.2) is 57.6 Å². The van der Waals surface area contributed by atoms with E-state index in [9.17, 15) is 14.4 Å². The monoisotopic (exact) mass is 481 g/mol. The summed E-state index contributed by atoms with van der Waals surface area (Å²) >= 11 is 1.71. The predicted molar refractivity (Wildman–Crippen MR) is 128 cm³/mol. The molecular formula is C24H27N5O4S. The first-order valence-electron chi connectivity index (χ1n) is 11.6. The third kappa shape index (κ3) is 4.66. The lowest BCUT2D eigenvalue weighted by molar-refractivity contribution is -0.135. The van der Waals surface area contributed by atoms with Crippen LogP contribution in [0.3, 0.4) is 0 Å². The first kappa shape index (κ1) is 22.8. The highest BCUT2D eigenvalue weighted by Crippen LogP contribution is 2.23. The molecule has 2 aliphatic rings. The van der Waals surface area contributed by atoms with Crippen molar-refractivity contribution in [3.05, 3.63) is 56.0 Å². The molecule has 5 rings (SSSR count). The SMILES string of the molecule is Cc1nc2cccc(CCc3ncc(CN4CCOCC4)s3)c2c(=O)n1C1CCC(=O)NC1=O. The average Bonchev–Trinajstić information content (AvgIpc) is 3.26. The van der Waals surface area contributed by atoms with Gasteiger partial charge in [-0.25, -0.2) is 9.97 Å². The van der Waals surface area contributed by atoms with Crippen LogP contribution in [0, 0.1) is 6.92 Å². The van der Waals surface area contributed by atoms with Gasteiger partial charge in [0.25, 0.3) is 5.56 Å². The molecule has 2 aliphatic heterocycles. The smallest absolute Gasteiger partial charge is 0.262 e. The van der Waals surface area contributed by atoms with Crippen molar-refractivity contribution in [2.24, 2.45) is 0 Å². The summed E-state index contributed by atoms with van der Waals surface area (Å²) in [6, 6.07) is 4.95. The maximum atomic E-state index is 13.6. The molecule has 1 N–H and O–H groups in total. The fourth-order valence-corrected chi connectivity index (χ4v) is 5.65. The van der Waals surface area contributed by atoms with Crippen molar-refractivity contribution in [3.8, 4) is 0 Å². The highest BCUT2D eigenvalue weighted by Gasteiger charge is 2.30. The van der Waals surface area contributed by atoms with Gasteiger partial charge in [0.2, 0.25) is 11.8 Å². The summed E-state index contributed by atoms with van der Waals surface area (Å²) < 4.78 is 6.86. The van der Waals surface area contributed by atoms with E-state index in [2.05, 4.69) is 20.2 Å². The Labute approximate surface area is 200 Å². The van der Waals surface area contributed by atoms with Crippen LogP contribution in [-0.2, 0) is 33.7 Å². The zero-order valence-corrected chi connectivity index (χ0v) is 19.9. The van der Waals surface area contributed by atoms with E-state index in [0.29, 0.717) is 29.6 Å². The number of aryl methyl sites for hydroxylation is 3. The maximum Gasteiger partial charge on any atom is 0.262 e. The topological polar surface area (TPSA) is 106 Å². The number of morpholine rings is 1. The molecule has 4 heterocycles. The lowest BCUT2D eigenvalue weighted by Crippen LogP contribution is -2.45. The standard InChI is InChI=1S/C24H27N5O4S/c1-15-26-18-4-2-3-16(22(18)24(32)29(15)19-6-7-20(30)27-23(19)31)5-8-21-25-13-17(34-21)14-28-9-11-33-12-10-28/h2-4,13,19H,5-12,14H2,1H3,(H,27,30,31). The Morgan fingerprint density at radius 2 is 2.00 bits per heavy atom. The third-order valence-corrected chi connectivity index (χ3v) is 7.45. The summed E-state index contributed by atoms with van der Waals surface area (Å²) in [5.74, 6) is -0.287. The molecule has 10 heteroatoms. The van der Waals surface area contributed by atoms with Crippen LogP contribution >= 0.6 is 11.3 Å². The Bertz CT molecular complexity index is 1290. The summed E-state index contributed by atoms with van der Waals surface area (Å²) in [5.41, 5.74) is 1.27. The molecule has 3 aromatic rings. The molecule has 0 spiro atoms. The lowest BCUT2D eigenvalue weighted by atomic mass is 10.0. The molecule has 0 saturated carbocycles. The molecule has 0 radical (unpaired) electrons. The van der Waals surface area contributed by atoms with Gasteiger partial charge in [-0.15, -0.1) is 11.3 Å². The number of fused-ring (bicyclic) bond motifs is 1. The second-order valence-electron chi connectivity index (χ2n) is 8.72. The van der Waals surface area contributed by atoms with Gasteiger partial charge in [0.05, 0.1) is 29.1 Å². The molecule has 2 aromatic heterocycles. The minimum absolute atomic E-state index is 0.207. The Balaban J connectivity index is 1.38. The summed E-state index contributed by atoms with van der Waals surface area (Å²) in [6.45, 7) is 6.04. The Kier molecular flexibility index (Phi) is 6.53. The van der Waals surface area contributed by atoms with Crippen LogP contribution in [0.2, 0.25) is 0 Å². The van der Waals surface area contributed by atoms with E-state index in [1.165, 1.54) is 9.44 Å². The number of piperidine rings is 1. The van der Waals surface area contributed by atoms with E-state index in [4.69, 9.17) is 4.74 Å². The Morgan fingerprint density at radius 3 is 2.79 bits per heavy atom. The van der Waals surface area contributed by atoms with Gasteiger partial charge in [-0.3, -0.25) is 29.2 Å². The molecule has 0 aliphatic carbocycles. The molecule has 2 fully saturated rings. The number of thiazole rings is 1. The van der Waals surface area contributed by atoms with Gasteiger partial charge in [-0.1, -0.05) is 12.1 Å². The van der Waals surface area contributed by atoms with Crippen molar-refractivity contribution in [3.63, 3.8) is 0 Å². The fraction of sp³-hybridized carbons (Fsp3) is 0.458. The fourth-order valence-electron chi connectivity index (χ4n) is 4.68. The normalized spacial score (nSPS) is 19.5. The first-order valence-corrected chi connectivity index (χ1v) is 12.4. The van der Waals surface area contributed by atoms with Gasteiger partial charge < -0.3 is 4.74 Å². The number of rotatable bonds is 6. The van der Waals surface area contributed by atoms with Gasteiger partial charge in [-0.2, -0.15) is 0 Å². The quantitative estimate of drug-likeness (QED) is 0.535. The van der Waals surface area contributed by atoms with Gasteiger partial charge in [0.1, 0.15) is 11.9 Å². The van der Waals surface area contributed by atoms with Crippen LogP contribution < -0.4 is 10.9 Å². The number of imide groups is 1. The van der Waals surface area contributed by atoms with Crippen LogP contribution in [0.4, 0.5) is 0 Å². The number of hydrogen-bond donors (Lipinski definition) is 1. The van der Waals surface area contributed by atoms with Crippen molar-refractivity contribution in [2.45, 2.75) is 45.2 Å². The number of ether oxygens (including phenoxy) is 1. The molecule has 9 nitrogen and oxygen atoms in total. The highest BCUT2D eigenvalue weighted by atomic mass is 32.1.